The van der Waals surface area contributed by atoms with Crippen LogP contribution in [0.5, 0.6) is 0 Å². The zero-order valence-electron chi connectivity index (χ0n) is 13.3. The van der Waals surface area contributed by atoms with Gasteiger partial charge < -0.3 is 4.74 Å². The van der Waals surface area contributed by atoms with Gasteiger partial charge in [0.05, 0.1) is 5.41 Å². The quantitative estimate of drug-likeness (QED) is 0.312. The topological polar surface area (TPSA) is 107 Å². The molecule has 4 aliphatic rings. The summed E-state index contributed by atoms with van der Waals surface area (Å²) in [5.74, 6) is -1.29. The molecular weight excluding hydrogens is 388 g/mol. The van der Waals surface area contributed by atoms with E-state index >= 15 is 0 Å². The molecule has 0 spiro atoms. The predicted molar refractivity (Wildman–Crippen MR) is 74.5 cm³/mol. The monoisotopic (exact) mass is 404 g/mol. The molecule has 2 atom stereocenters. The lowest BCUT2D eigenvalue weighted by atomic mass is 9.49. The fourth-order valence-electron chi connectivity index (χ4n) is 4.54. The molecule has 0 radical (unpaired) electrons. The average molecular weight is 404 g/mol. The summed E-state index contributed by atoms with van der Waals surface area (Å²) in [6.45, 7) is -1.62. The number of ether oxygens (including phenoxy) is 2. The molecule has 1 N–H and O–H groups in total. The zero-order valence-corrected chi connectivity index (χ0v) is 14.1. The summed E-state index contributed by atoms with van der Waals surface area (Å²) in [7, 11) is -6.44. The fraction of sp³-hybridized carbons (Fsp3) is 0.857. The summed E-state index contributed by atoms with van der Waals surface area (Å²) >= 11 is 0. The van der Waals surface area contributed by atoms with Gasteiger partial charge in [-0.15, -0.1) is 0 Å². The van der Waals surface area contributed by atoms with Gasteiger partial charge in [0.1, 0.15) is 5.78 Å². The number of hydrogen-bond donors (Lipinski definition) is 1. The summed E-state index contributed by atoms with van der Waals surface area (Å²) < 4.78 is 89.3. The molecule has 4 rings (SSSR count). The number of Topliss-reactive ketones (excluding diaryl/α,β-unsaturated/α-hetero) is 1. The van der Waals surface area contributed by atoms with Crippen LogP contribution in [0, 0.1) is 23.2 Å². The Kier molecular flexibility index (Phi) is 4.39. The maximum absolute atomic E-state index is 13.2. The van der Waals surface area contributed by atoms with Gasteiger partial charge in [0.15, 0.2) is 6.79 Å². The van der Waals surface area contributed by atoms with E-state index in [0.717, 1.165) is 0 Å². The first-order valence-corrected chi connectivity index (χ1v) is 9.31. The molecular formula is C14H16F4O7S. The third kappa shape index (κ3) is 2.91. The lowest BCUT2D eigenvalue weighted by molar-refractivity contribution is -0.338. The zero-order chi connectivity index (χ0) is 19.5. The highest BCUT2D eigenvalue weighted by Crippen LogP contribution is 2.59. The summed E-state index contributed by atoms with van der Waals surface area (Å²) in [5, 5.41) is -5.90. The first-order valence-electron chi connectivity index (χ1n) is 7.87. The Morgan fingerprint density at radius 1 is 1.15 bits per heavy atom. The summed E-state index contributed by atoms with van der Waals surface area (Å²) in [6, 6.07) is 0. The van der Waals surface area contributed by atoms with Gasteiger partial charge in [-0.1, -0.05) is 0 Å². The molecule has 2 unspecified atom stereocenters. The van der Waals surface area contributed by atoms with Crippen LogP contribution in [0.15, 0.2) is 0 Å². The number of halogens is 4. The van der Waals surface area contributed by atoms with E-state index in [1.54, 1.807) is 0 Å². The van der Waals surface area contributed by atoms with Gasteiger partial charge in [0, 0.05) is 11.8 Å². The number of ketones is 1. The standard InChI is InChI=1S/C14H16F4O7S/c15-13(16,14(17,18)26(21,22)23)25-6-24-11(20)12-3-7-1-8(4-12)10(19)9(2-7)5-12/h7-9H,1-6H2,(H,21,22,23). The smallest absolute Gasteiger partial charge is 0.438 e. The molecule has 0 saturated heterocycles. The Hall–Kier alpha value is -1.27. The van der Waals surface area contributed by atoms with E-state index in [0.29, 0.717) is 19.3 Å². The normalized spacial score (nSPS) is 34.2. The summed E-state index contributed by atoms with van der Waals surface area (Å²) in [4.78, 5) is 24.4. The molecule has 0 aromatic heterocycles. The molecule has 7 nitrogen and oxygen atoms in total. The number of esters is 1. The molecule has 4 bridgehead atoms. The van der Waals surface area contributed by atoms with Crippen LogP contribution < -0.4 is 0 Å². The Morgan fingerprint density at radius 3 is 2.19 bits per heavy atom. The van der Waals surface area contributed by atoms with Crippen LogP contribution in [-0.2, 0) is 29.2 Å². The molecule has 26 heavy (non-hydrogen) atoms. The predicted octanol–water partition coefficient (Wildman–Crippen LogP) is 1.97. The van der Waals surface area contributed by atoms with Gasteiger partial charge in [-0.2, -0.15) is 26.0 Å². The lowest BCUT2D eigenvalue weighted by Crippen LogP contribution is -2.55. The number of carbonyl (C=O) groups is 2. The van der Waals surface area contributed by atoms with E-state index in [9.17, 15) is 35.6 Å². The molecule has 0 amide bonds. The highest BCUT2D eigenvalue weighted by Gasteiger charge is 2.68. The van der Waals surface area contributed by atoms with Crippen molar-refractivity contribution in [2.45, 2.75) is 43.5 Å². The Bertz CT molecular complexity index is 718. The molecule has 0 aromatic rings. The minimum atomic E-state index is -6.44. The molecule has 4 aliphatic carbocycles. The third-order valence-corrected chi connectivity index (χ3v) is 6.41. The second-order valence-electron chi connectivity index (χ2n) is 7.23. The highest BCUT2D eigenvalue weighted by molar-refractivity contribution is 7.86. The van der Waals surface area contributed by atoms with Crippen LogP contribution >= 0.6 is 0 Å². The highest BCUT2D eigenvalue weighted by atomic mass is 32.2. The van der Waals surface area contributed by atoms with Gasteiger partial charge in [-0.25, -0.2) is 0 Å². The number of hydrogen-bond acceptors (Lipinski definition) is 6. The van der Waals surface area contributed by atoms with Crippen LogP contribution in [0.1, 0.15) is 32.1 Å². The minimum Gasteiger partial charge on any atom is -0.438 e. The van der Waals surface area contributed by atoms with Crippen molar-refractivity contribution >= 4 is 21.9 Å². The van der Waals surface area contributed by atoms with Crippen molar-refractivity contribution in [3.8, 4) is 0 Å². The maximum Gasteiger partial charge on any atom is 0.460 e. The first-order chi connectivity index (χ1) is 11.8. The first kappa shape index (κ1) is 19.5. The fourth-order valence-corrected chi connectivity index (χ4v) is 4.90. The molecule has 0 aliphatic heterocycles. The van der Waals surface area contributed by atoms with Crippen LogP contribution in [0.3, 0.4) is 0 Å². The van der Waals surface area contributed by atoms with Crippen molar-refractivity contribution in [2.24, 2.45) is 23.2 Å². The van der Waals surface area contributed by atoms with Gasteiger partial charge in [-0.05, 0) is 38.0 Å². The van der Waals surface area contributed by atoms with E-state index in [2.05, 4.69) is 9.47 Å². The van der Waals surface area contributed by atoms with Crippen LogP contribution in [0.4, 0.5) is 17.6 Å². The van der Waals surface area contributed by atoms with Crippen LogP contribution in [0.2, 0.25) is 0 Å². The van der Waals surface area contributed by atoms with E-state index in [-0.39, 0.29) is 36.4 Å². The van der Waals surface area contributed by atoms with Crippen LogP contribution in [0.25, 0.3) is 0 Å². The maximum atomic E-state index is 13.2. The Labute approximate surface area is 145 Å². The lowest BCUT2D eigenvalue weighted by Gasteiger charge is -2.53. The van der Waals surface area contributed by atoms with Gasteiger partial charge in [0.2, 0.25) is 0 Å². The van der Waals surface area contributed by atoms with Crippen molar-refractivity contribution in [1.82, 2.24) is 0 Å². The van der Waals surface area contributed by atoms with Crippen molar-refractivity contribution in [3.63, 3.8) is 0 Å². The van der Waals surface area contributed by atoms with Crippen molar-refractivity contribution in [3.05, 3.63) is 0 Å². The van der Waals surface area contributed by atoms with Gasteiger partial charge in [0.25, 0.3) is 0 Å². The van der Waals surface area contributed by atoms with E-state index in [4.69, 9.17) is 4.55 Å². The van der Waals surface area contributed by atoms with Crippen molar-refractivity contribution in [1.29, 1.82) is 0 Å². The Morgan fingerprint density at radius 2 is 1.69 bits per heavy atom. The van der Waals surface area contributed by atoms with E-state index in [1.807, 2.05) is 0 Å². The Balaban J connectivity index is 1.63. The molecule has 148 valence electrons. The van der Waals surface area contributed by atoms with Crippen LogP contribution in [-0.4, -0.2) is 42.9 Å². The second kappa shape index (κ2) is 5.86. The second-order valence-corrected chi connectivity index (χ2v) is 8.69. The molecule has 0 heterocycles. The number of alkyl halides is 4. The van der Waals surface area contributed by atoms with Gasteiger partial charge in [-0.3, -0.25) is 18.9 Å². The summed E-state index contributed by atoms with van der Waals surface area (Å²) in [6.07, 6.45) is -3.41. The number of rotatable bonds is 6. The van der Waals surface area contributed by atoms with E-state index in [1.165, 1.54) is 0 Å². The van der Waals surface area contributed by atoms with E-state index < -0.39 is 39.7 Å². The molecule has 4 saturated carbocycles. The molecule has 12 heteroatoms. The SMILES string of the molecule is O=C1C2CC3CC1CC(C(=O)OCOC(F)(F)C(F)(F)S(=O)(=O)O)(C3)C2. The van der Waals surface area contributed by atoms with Crippen molar-refractivity contribution < 1.29 is 49.6 Å². The largest absolute Gasteiger partial charge is 0.460 e. The van der Waals surface area contributed by atoms with Crippen molar-refractivity contribution in [2.75, 3.05) is 6.79 Å². The molecule has 4 fully saturated rings. The third-order valence-electron chi connectivity index (χ3n) is 5.52. The average Bonchev–Trinajstić information content (AvgIpc) is 2.50. The number of carbonyl (C=O) groups excluding carboxylic acids is 2. The minimum absolute atomic E-state index is 0.0833. The summed E-state index contributed by atoms with van der Waals surface area (Å²) in [5.41, 5.74) is -1.03. The molecule has 0 aromatic carbocycles. The van der Waals surface area contributed by atoms with Gasteiger partial charge >= 0.3 is 27.5 Å².